The molecule has 0 saturated heterocycles. The number of halogens is 1. The second-order valence-electron chi connectivity index (χ2n) is 5.87. The molecule has 122 valence electrons. The predicted molar refractivity (Wildman–Crippen MR) is 98.7 cm³/mol. The molecule has 2 amide bonds. The maximum absolute atomic E-state index is 12.0. The van der Waals surface area contributed by atoms with Gasteiger partial charge in [-0.15, -0.1) is 10.2 Å². The van der Waals surface area contributed by atoms with Crippen molar-refractivity contribution < 1.29 is 9.59 Å². The Hall–Kier alpha value is -1.55. The molecule has 0 fully saturated rings. The lowest BCUT2D eigenvalue weighted by Gasteiger charge is -2.12. The van der Waals surface area contributed by atoms with Gasteiger partial charge in [0.15, 0.2) is 0 Å². The number of carbonyl (C=O) groups excluding carboxylic acids is 2. The van der Waals surface area contributed by atoms with Gasteiger partial charge >= 0.3 is 0 Å². The normalized spacial score (nSPS) is 11.1. The third-order valence-corrected chi connectivity index (χ3v) is 5.05. The fourth-order valence-corrected chi connectivity index (χ4v) is 3.09. The molecule has 0 radical (unpaired) electrons. The van der Waals surface area contributed by atoms with Gasteiger partial charge in [0.25, 0.3) is 5.91 Å². The van der Waals surface area contributed by atoms with Crippen LogP contribution in [0.5, 0.6) is 0 Å². The van der Waals surface area contributed by atoms with Crippen molar-refractivity contribution in [1.29, 1.82) is 0 Å². The monoisotopic (exact) mass is 444 g/mol. The Morgan fingerprint density at radius 3 is 2.52 bits per heavy atom. The standard InChI is InChI=1S/C15H17IN4O2S/c1-15(2,3)13-19-20-14(23-13)18-11(21)8-17-12(22)9-6-4-5-7-10(9)16/h4-7H,8H2,1-3H3,(H,17,22)(H,18,20,21). The first-order valence-corrected chi connectivity index (χ1v) is 8.83. The quantitative estimate of drug-likeness (QED) is 0.711. The highest BCUT2D eigenvalue weighted by Crippen LogP contribution is 2.27. The summed E-state index contributed by atoms with van der Waals surface area (Å²) >= 11 is 3.42. The van der Waals surface area contributed by atoms with Gasteiger partial charge in [0, 0.05) is 8.99 Å². The van der Waals surface area contributed by atoms with Crippen molar-refractivity contribution in [3.63, 3.8) is 0 Å². The van der Waals surface area contributed by atoms with Crippen molar-refractivity contribution >= 4 is 50.9 Å². The Balaban J connectivity index is 1.89. The molecule has 6 nitrogen and oxygen atoms in total. The van der Waals surface area contributed by atoms with Crippen LogP contribution in [0.3, 0.4) is 0 Å². The summed E-state index contributed by atoms with van der Waals surface area (Å²) in [6.07, 6.45) is 0. The van der Waals surface area contributed by atoms with E-state index in [1.165, 1.54) is 11.3 Å². The van der Waals surface area contributed by atoms with E-state index in [4.69, 9.17) is 0 Å². The maximum atomic E-state index is 12.0. The molecule has 1 heterocycles. The molecule has 2 N–H and O–H groups in total. The number of hydrogen-bond donors (Lipinski definition) is 2. The molecule has 0 unspecified atom stereocenters. The first-order chi connectivity index (χ1) is 10.8. The molecule has 8 heteroatoms. The van der Waals surface area contributed by atoms with Crippen LogP contribution in [0.2, 0.25) is 0 Å². The molecule has 0 bridgehead atoms. The van der Waals surface area contributed by atoms with Gasteiger partial charge in [-0.3, -0.25) is 14.9 Å². The molecule has 0 aliphatic rings. The summed E-state index contributed by atoms with van der Waals surface area (Å²) < 4.78 is 0.835. The minimum atomic E-state index is -0.333. The van der Waals surface area contributed by atoms with E-state index in [9.17, 15) is 9.59 Å². The van der Waals surface area contributed by atoms with Crippen molar-refractivity contribution in [3.8, 4) is 0 Å². The fraction of sp³-hybridized carbons (Fsp3) is 0.333. The second-order valence-corrected chi connectivity index (χ2v) is 8.01. The van der Waals surface area contributed by atoms with Crippen LogP contribution < -0.4 is 10.6 Å². The largest absolute Gasteiger partial charge is 0.343 e. The van der Waals surface area contributed by atoms with Crippen LogP contribution in [-0.2, 0) is 10.2 Å². The van der Waals surface area contributed by atoms with Gasteiger partial charge in [0.2, 0.25) is 11.0 Å². The van der Waals surface area contributed by atoms with Crippen LogP contribution >= 0.6 is 33.9 Å². The molecule has 1 aromatic carbocycles. The number of nitrogens with zero attached hydrogens (tertiary/aromatic N) is 2. The Morgan fingerprint density at radius 2 is 1.91 bits per heavy atom. The zero-order valence-corrected chi connectivity index (χ0v) is 16.0. The molecular formula is C15H17IN4O2S. The van der Waals surface area contributed by atoms with Crippen LogP contribution in [0.4, 0.5) is 5.13 Å². The zero-order chi connectivity index (χ0) is 17.0. The minimum absolute atomic E-state index is 0.112. The molecular weight excluding hydrogens is 427 g/mol. The van der Waals surface area contributed by atoms with Gasteiger partial charge in [-0.2, -0.15) is 0 Å². The summed E-state index contributed by atoms with van der Waals surface area (Å²) in [5, 5.41) is 14.5. The van der Waals surface area contributed by atoms with Crippen molar-refractivity contribution in [2.24, 2.45) is 0 Å². The summed E-state index contributed by atoms with van der Waals surface area (Å²) in [5.74, 6) is -0.612. The van der Waals surface area contributed by atoms with Gasteiger partial charge in [-0.1, -0.05) is 44.2 Å². The first kappa shape index (κ1) is 17.8. The molecule has 0 saturated carbocycles. The number of aromatic nitrogens is 2. The number of nitrogens with one attached hydrogen (secondary N) is 2. The average molecular weight is 444 g/mol. The number of rotatable bonds is 4. The van der Waals surface area contributed by atoms with E-state index in [2.05, 4.69) is 43.4 Å². The van der Waals surface area contributed by atoms with Crippen LogP contribution in [0.1, 0.15) is 36.1 Å². The number of hydrogen-bond acceptors (Lipinski definition) is 5. The topological polar surface area (TPSA) is 84.0 Å². The van der Waals surface area contributed by atoms with E-state index in [0.29, 0.717) is 10.7 Å². The lowest BCUT2D eigenvalue weighted by Crippen LogP contribution is -2.33. The van der Waals surface area contributed by atoms with Crippen LogP contribution in [0, 0.1) is 3.57 Å². The lowest BCUT2D eigenvalue weighted by atomic mass is 9.98. The highest BCUT2D eigenvalue weighted by atomic mass is 127. The number of anilines is 1. The highest BCUT2D eigenvalue weighted by molar-refractivity contribution is 14.1. The SMILES string of the molecule is CC(C)(C)c1nnc(NC(=O)CNC(=O)c2ccccc2I)s1. The van der Waals surface area contributed by atoms with E-state index in [-0.39, 0.29) is 23.8 Å². The Labute approximate surface area is 152 Å². The second kappa shape index (κ2) is 7.35. The Morgan fingerprint density at radius 1 is 1.22 bits per heavy atom. The molecule has 23 heavy (non-hydrogen) atoms. The van der Waals surface area contributed by atoms with Crippen molar-refractivity contribution in [3.05, 3.63) is 38.4 Å². The highest BCUT2D eigenvalue weighted by Gasteiger charge is 2.20. The van der Waals surface area contributed by atoms with E-state index < -0.39 is 0 Å². The molecule has 2 rings (SSSR count). The summed E-state index contributed by atoms with van der Waals surface area (Å²) in [5.41, 5.74) is 0.436. The third-order valence-electron chi connectivity index (χ3n) is 2.84. The lowest BCUT2D eigenvalue weighted by molar-refractivity contribution is -0.115. The van der Waals surface area contributed by atoms with Gasteiger partial charge < -0.3 is 5.32 Å². The zero-order valence-electron chi connectivity index (χ0n) is 13.0. The van der Waals surface area contributed by atoms with Gasteiger partial charge in [0.1, 0.15) is 5.01 Å². The van der Waals surface area contributed by atoms with Gasteiger partial charge in [-0.25, -0.2) is 0 Å². The van der Waals surface area contributed by atoms with Crippen LogP contribution in [0.15, 0.2) is 24.3 Å². The van der Waals surface area contributed by atoms with E-state index in [0.717, 1.165) is 8.58 Å². The number of carbonyl (C=O) groups is 2. The molecule has 0 aliphatic carbocycles. The molecule has 0 atom stereocenters. The number of amides is 2. The van der Waals surface area contributed by atoms with Gasteiger partial charge in [-0.05, 0) is 34.7 Å². The Kier molecular flexibility index (Phi) is 5.69. The number of benzene rings is 1. The van der Waals surface area contributed by atoms with E-state index in [1.54, 1.807) is 12.1 Å². The van der Waals surface area contributed by atoms with Crippen LogP contribution in [0.25, 0.3) is 0 Å². The maximum Gasteiger partial charge on any atom is 0.252 e. The van der Waals surface area contributed by atoms with E-state index >= 15 is 0 Å². The van der Waals surface area contributed by atoms with Crippen molar-refractivity contribution in [2.75, 3.05) is 11.9 Å². The molecule has 1 aromatic heterocycles. The summed E-state index contributed by atoms with van der Waals surface area (Å²) in [7, 11) is 0. The van der Waals surface area contributed by atoms with E-state index in [1.807, 2.05) is 32.9 Å². The average Bonchev–Trinajstić information content (AvgIpc) is 2.94. The Bertz CT molecular complexity index is 724. The molecule has 0 aliphatic heterocycles. The summed E-state index contributed by atoms with van der Waals surface area (Å²) in [6.45, 7) is 5.97. The predicted octanol–water partition coefficient (Wildman–Crippen LogP) is 2.81. The fourth-order valence-electron chi connectivity index (χ4n) is 1.64. The third kappa shape index (κ3) is 4.96. The molecule has 2 aromatic rings. The summed E-state index contributed by atoms with van der Waals surface area (Å²) in [6, 6.07) is 7.19. The van der Waals surface area contributed by atoms with Gasteiger partial charge in [0.05, 0.1) is 12.1 Å². The minimum Gasteiger partial charge on any atom is -0.343 e. The smallest absolute Gasteiger partial charge is 0.252 e. The van der Waals surface area contributed by atoms with Crippen molar-refractivity contribution in [1.82, 2.24) is 15.5 Å². The van der Waals surface area contributed by atoms with Crippen molar-refractivity contribution in [2.45, 2.75) is 26.2 Å². The first-order valence-electron chi connectivity index (χ1n) is 6.94. The molecule has 0 spiro atoms. The summed E-state index contributed by atoms with van der Waals surface area (Å²) in [4.78, 5) is 23.9. The van der Waals surface area contributed by atoms with Crippen LogP contribution in [-0.4, -0.2) is 28.6 Å².